The normalized spacial score (nSPS) is 14.3. The van der Waals surface area contributed by atoms with E-state index in [1.165, 1.54) is 115 Å². The largest absolute Gasteiger partial charge is 0.456 e. The summed E-state index contributed by atoms with van der Waals surface area (Å²) in [7, 11) is -0.967. The Morgan fingerprint density at radius 3 is 1.84 bits per heavy atom. The summed E-state index contributed by atoms with van der Waals surface area (Å²) in [6, 6.07) is 67.1. The molecule has 0 fully saturated rings. The Hall–Kier alpha value is -7.27. The molecule has 284 valence electrons. The first-order valence-electron chi connectivity index (χ1n) is 21.2. The van der Waals surface area contributed by atoms with Gasteiger partial charge in [0.15, 0.2) is 0 Å². The van der Waals surface area contributed by atoms with Crippen molar-refractivity contribution in [2.75, 3.05) is 0 Å². The molecule has 1 atom stereocenters. The fourth-order valence-corrected chi connectivity index (χ4v) is 13.1. The fourth-order valence-electron chi connectivity index (χ4n) is 10.4. The first-order chi connectivity index (χ1) is 30.3. The smallest absolute Gasteiger partial charge is 0.136 e. The van der Waals surface area contributed by atoms with Crippen LogP contribution in [0.3, 0.4) is 0 Å². The third-order valence-corrected chi connectivity index (χ3v) is 15.6. The van der Waals surface area contributed by atoms with Gasteiger partial charge in [0.2, 0.25) is 0 Å². The number of fused-ring (bicyclic) bond motifs is 8. The van der Waals surface area contributed by atoms with Crippen molar-refractivity contribution in [2.24, 2.45) is 0 Å². The maximum absolute atomic E-state index is 6.99. The van der Waals surface area contributed by atoms with Crippen molar-refractivity contribution < 1.29 is 4.42 Å². The molecule has 3 aliphatic rings. The van der Waals surface area contributed by atoms with Crippen LogP contribution in [0.2, 0.25) is 0 Å². The zero-order chi connectivity index (χ0) is 40.0. The molecule has 0 saturated carbocycles. The minimum Gasteiger partial charge on any atom is -0.456 e. The highest BCUT2D eigenvalue weighted by atomic mass is 31.1. The van der Waals surface area contributed by atoms with Crippen molar-refractivity contribution >= 4 is 73.2 Å². The van der Waals surface area contributed by atoms with E-state index in [1.54, 1.807) is 0 Å². The maximum Gasteiger partial charge on any atom is 0.136 e. The summed E-state index contributed by atoms with van der Waals surface area (Å²) in [5, 5.41) is 11.5. The molecular formula is C59H37OP. The minimum absolute atomic E-state index is 0.919. The van der Waals surface area contributed by atoms with Gasteiger partial charge in [-0.05, 0) is 132 Å². The second kappa shape index (κ2) is 13.6. The lowest BCUT2D eigenvalue weighted by Crippen LogP contribution is -2.15. The van der Waals surface area contributed by atoms with E-state index in [1.807, 2.05) is 0 Å². The number of benzene rings is 9. The van der Waals surface area contributed by atoms with Gasteiger partial charge in [0.25, 0.3) is 0 Å². The highest BCUT2D eigenvalue weighted by molar-refractivity contribution is 7.77. The van der Waals surface area contributed by atoms with Gasteiger partial charge < -0.3 is 4.42 Å². The molecule has 2 heteroatoms. The molecule has 0 spiro atoms. The fraction of sp³-hybridized carbons (Fsp3) is 0.0339. The maximum atomic E-state index is 6.99. The summed E-state index contributed by atoms with van der Waals surface area (Å²) < 4.78 is 6.99. The topological polar surface area (TPSA) is 13.1 Å². The number of hydrogen-bond acceptors (Lipinski definition) is 1. The van der Waals surface area contributed by atoms with Crippen LogP contribution in [-0.4, -0.2) is 0 Å². The van der Waals surface area contributed by atoms with Gasteiger partial charge in [0, 0.05) is 28.3 Å². The van der Waals surface area contributed by atoms with Crippen molar-refractivity contribution in [2.45, 2.75) is 12.8 Å². The zero-order valence-electron chi connectivity index (χ0n) is 33.3. The predicted molar refractivity (Wildman–Crippen MR) is 260 cm³/mol. The molecule has 1 aromatic heterocycles. The van der Waals surface area contributed by atoms with Crippen LogP contribution in [0.15, 0.2) is 216 Å². The molecule has 0 N–H and O–H groups in total. The number of hydrogen-bond donors (Lipinski definition) is 0. The average Bonchev–Trinajstić information content (AvgIpc) is 4.02. The highest BCUT2D eigenvalue weighted by Crippen LogP contribution is 2.59. The van der Waals surface area contributed by atoms with Crippen LogP contribution < -0.4 is 10.6 Å². The van der Waals surface area contributed by atoms with Gasteiger partial charge in [-0.1, -0.05) is 176 Å². The van der Waals surface area contributed by atoms with Gasteiger partial charge in [0.1, 0.15) is 11.2 Å². The zero-order valence-corrected chi connectivity index (χ0v) is 34.2. The van der Waals surface area contributed by atoms with Crippen LogP contribution in [0.4, 0.5) is 0 Å². The van der Waals surface area contributed by atoms with E-state index >= 15 is 0 Å². The summed E-state index contributed by atoms with van der Waals surface area (Å²) in [6.45, 7) is 0. The van der Waals surface area contributed by atoms with Crippen LogP contribution in [-0.2, 0) is 0 Å². The van der Waals surface area contributed by atoms with Gasteiger partial charge in [0.05, 0.1) is 0 Å². The summed E-state index contributed by atoms with van der Waals surface area (Å²) in [4.78, 5) is 0. The van der Waals surface area contributed by atoms with E-state index in [0.717, 1.165) is 24.0 Å². The van der Waals surface area contributed by atoms with Gasteiger partial charge >= 0.3 is 0 Å². The van der Waals surface area contributed by atoms with E-state index in [-0.39, 0.29) is 0 Å². The molecule has 1 nitrogen and oxygen atoms in total. The van der Waals surface area contributed by atoms with E-state index in [9.17, 15) is 0 Å². The van der Waals surface area contributed by atoms with Gasteiger partial charge in [-0.25, -0.2) is 0 Å². The lowest BCUT2D eigenvalue weighted by molar-refractivity contribution is 0.669. The summed E-state index contributed by atoms with van der Waals surface area (Å²) >= 11 is 0. The molecule has 0 bridgehead atoms. The van der Waals surface area contributed by atoms with Crippen molar-refractivity contribution in [1.29, 1.82) is 0 Å². The molecule has 10 aromatic rings. The van der Waals surface area contributed by atoms with Crippen molar-refractivity contribution in [3.8, 4) is 44.5 Å². The second-order valence-electron chi connectivity index (χ2n) is 16.3. The first-order valence-corrected chi connectivity index (χ1v) is 22.6. The third kappa shape index (κ3) is 5.19. The van der Waals surface area contributed by atoms with Crippen LogP contribution in [0.5, 0.6) is 0 Å². The Bertz CT molecular complexity index is 3600. The van der Waals surface area contributed by atoms with Crippen molar-refractivity contribution in [3.63, 3.8) is 0 Å². The van der Waals surface area contributed by atoms with Crippen molar-refractivity contribution in [1.82, 2.24) is 0 Å². The van der Waals surface area contributed by atoms with Gasteiger partial charge in [-0.3, -0.25) is 0 Å². The molecule has 61 heavy (non-hydrogen) atoms. The number of allylic oxidation sites excluding steroid dienone is 5. The van der Waals surface area contributed by atoms with E-state index < -0.39 is 7.92 Å². The van der Waals surface area contributed by atoms with E-state index in [2.05, 4.69) is 206 Å². The molecule has 0 aliphatic heterocycles. The van der Waals surface area contributed by atoms with Gasteiger partial charge in [-0.2, -0.15) is 0 Å². The molecule has 13 rings (SSSR count). The van der Waals surface area contributed by atoms with Crippen LogP contribution >= 0.6 is 7.92 Å². The Kier molecular flexibility index (Phi) is 7.73. The SMILES string of the molecule is C1=CCC=1c1c2c(c(-c3ccccc3)c3ccccc13)-c1cccc3c1c-2cc1oc2ccc(P(C4=CCC=C4c4ccccc4)c4ccccc4-c4ccccc4)cc2c13. The molecule has 0 saturated heterocycles. The lowest BCUT2D eigenvalue weighted by atomic mass is 9.81. The summed E-state index contributed by atoms with van der Waals surface area (Å²) in [6.07, 6.45) is 8.89. The monoisotopic (exact) mass is 792 g/mol. The van der Waals surface area contributed by atoms with Gasteiger partial charge in [-0.15, -0.1) is 5.73 Å². The predicted octanol–water partition coefficient (Wildman–Crippen LogP) is 15.6. The molecule has 1 unspecified atom stereocenters. The molecular weight excluding hydrogens is 756 g/mol. The number of rotatable bonds is 7. The molecule has 0 radical (unpaired) electrons. The van der Waals surface area contributed by atoms with Crippen LogP contribution in [0.1, 0.15) is 24.0 Å². The molecule has 0 amide bonds. The first kappa shape index (κ1) is 34.6. The van der Waals surface area contributed by atoms with Crippen LogP contribution in [0.25, 0.3) is 99.1 Å². The van der Waals surface area contributed by atoms with Crippen molar-refractivity contribution in [3.05, 3.63) is 222 Å². The Morgan fingerprint density at radius 1 is 0.443 bits per heavy atom. The summed E-state index contributed by atoms with van der Waals surface area (Å²) in [5.74, 6) is 0. The number of furan rings is 1. The average molecular weight is 793 g/mol. The lowest BCUT2D eigenvalue weighted by Gasteiger charge is -2.25. The summed E-state index contributed by atoms with van der Waals surface area (Å²) in [5.41, 5.74) is 20.8. The Balaban J connectivity index is 1.08. The molecule has 3 aliphatic carbocycles. The van der Waals surface area contributed by atoms with E-state index in [0.29, 0.717) is 0 Å². The second-order valence-corrected chi connectivity index (χ2v) is 18.4. The minimum atomic E-state index is -0.967. The highest BCUT2D eigenvalue weighted by Gasteiger charge is 2.34. The third-order valence-electron chi connectivity index (χ3n) is 13.0. The molecule has 1 heterocycles. The van der Waals surface area contributed by atoms with E-state index in [4.69, 9.17) is 4.42 Å². The Morgan fingerprint density at radius 2 is 1.08 bits per heavy atom. The standard InChI is InChI=1S/C59H37OP/c1-4-17-37(18-5-1)42-25-12-13-31-52(42)61(53-32-16-28-43(53)38-19-6-2-7-20-38)41-33-34-50-48(35-41)57-46-29-15-30-47-56(46)49(36-51(57)60-50)59-55(40-23-14-24-40)45-27-11-10-26-44(45)54(58(47)59)39-21-8-3-9-22-39/h1-15,17-22,25-36H,16,23H2. The Labute approximate surface area is 355 Å². The molecule has 9 aromatic carbocycles. The van der Waals surface area contributed by atoms with Crippen LogP contribution in [0, 0.1) is 0 Å². The quantitative estimate of drug-likeness (QED) is 0.116.